The van der Waals surface area contributed by atoms with Gasteiger partial charge in [-0.25, -0.2) is 4.79 Å². The number of rotatable bonds is 3. The van der Waals surface area contributed by atoms with E-state index in [1.54, 1.807) is 13.8 Å². The molecule has 0 spiro atoms. The third-order valence-electron chi connectivity index (χ3n) is 1.21. The van der Waals surface area contributed by atoms with Crippen molar-refractivity contribution in [3.8, 4) is 12.3 Å². The molecule has 0 aromatic heterocycles. The van der Waals surface area contributed by atoms with Crippen LogP contribution < -0.4 is 0 Å². The fourth-order valence-corrected chi connectivity index (χ4v) is 0.400. The number of ether oxygens (including phenoxy) is 2. The van der Waals surface area contributed by atoms with Gasteiger partial charge in [-0.2, -0.15) is 0 Å². The van der Waals surface area contributed by atoms with Crippen molar-refractivity contribution in [3.63, 3.8) is 0 Å². The molecule has 3 nitrogen and oxygen atoms in total. The first-order valence-electron chi connectivity index (χ1n) is 3.31. The van der Waals surface area contributed by atoms with Crippen LogP contribution in [-0.2, 0) is 14.3 Å². The van der Waals surface area contributed by atoms with Crippen LogP contribution in [0.3, 0.4) is 0 Å². The van der Waals surface area contributed by atoms with Crippen molar-refractivity contribution in [2.45, 2.75) is 26.1 Å². The van der Waals surface area contributed by atoms with Gasteiger partial charge in [0.15, 0.2) is 12.2 Å². The van der Waals surface area contributed by atoms with Crippen molar-refractivity contribution in [1.29, 1.82) is 0 Å². The van der Waals surface area contributed by atoms with Gasteiger partial charge in [-0.15, -0.1) is 6.42 Å². The summed E-state index contributed by atoms with van der Waals surface area (Å²) in [5.74, 6) is 1.84. The minimum absolute atomic E-state index is 0.432. The Labute approximate surface area is 66.7 Å². The molecule has 0 aliphatic heterocycles. The molecule has 0 N–H and O–H groups in total. The largest absolute Gasteiger partial charge is 0.448 e. The van der Waals surface area contributed by atoms with E-state index in [1.165, 1.54) is 7.11 Å². The second kappa shape index (κ2) is 4.75. The van der Waals surface area contributed by atoms with E-state index in [0.717, 1.165) is 0 Å². The number of carbonyl (C=O) groups is 1. The van der Waals surface area contributed by atoms with Gasteiger partial charge in [0.25, 0.3) is 0 Å². The molecule has 0 bridgehead atoms. The lowest BCUT2D eigenvalue weighted by Gasteiger charge is -2.11. The van der Waals surface area contributed by atoms with Gasteiger partial charge in [0.05, 0.1) is 0 Å². The van der Waals surface area contributed by atoms with E-state index in [4.69, 9.17) is 15.9 Å². The molecule has 0 rings (SSSR count). The van der Waals surface area contributed by atoms with Crippen LogP contribution in [0.25, 0.3) is 0 Å². The zero-order valence-electron chi connectivity index (χ0n) is 6.96. The molecule has 0 radical (unpaired) electrons. The fraction of sp³-hybridized carbons (Fsp3) is 0.625. The molecule has 0 aromatic rings. The summed E-state index contributed by atoms with van der Waals surface area (Å²) in [5.41, 5.74) is 0. The average molecular weight is 156 g/mol. The van der Waals surface area contributed by atoms with Crippen molar-refractivity contribution in [1.82, 2.24) is 0 Å². The van der Waals surface area contributed by atoms with Crippen molar-refractivity contribution in [3.05, 3.63) is 0 Å². The van der Waals surface area contributed by atoms with Gasteiger partial charge in [-0.05, 0) is 13.8 Å². The Hall–Kier alpha value is -1.01. The van der Waals surface area contributed by atoms with Gasteiger partial charge in [0.1, 0.15) is 0 Å². The van der Waals surface area contributed by atoms with Crippen LogP contribution in [0.5, 0.6) is 0 Å². The molecule has 0 saturated heterocycles. The maximum Gasteiger partial charge on any atom is 0.336 e. The molecule has 0 amide bonds. The minimum Gasteiger partial charge on any atom is -0.448 e. The molecule has 2 atom stereocenters. The van der Waals surface area contributed by atoms with Crippen LogP contribution >= 0.6 is 0 Å². The molecular weight excluding hydrogens is 144 g/mol. The number of esters is 1. The summed E-state index contributed by atoms with van der Waals surface area (Å²) >= 11 is 0. The summed E-state index contributed by atoms with van der Waals surface area (Å²) in [6.45, 7) is 3.23. The van der Waals surface area contributed by atoms with Gasteiger partial charge in [0.2, 0.25) is 0 Å². The quantitative estimate of drug-likeness (QED) is 0.443. The Morgan fingerprint density at radius 1 is 1.55 bits per heavy atom. The number of methoxy groups -OCH3 is 1. The molecule has 0 aliphatic rings. The number of terminal acetylenes is 1. The van der Waals surface area contributed by atoms with Crippen LogP contribution in [0, 0.1) is 12.3 Å². The molecule has 3 heteroatoms. The molecule has 2 unspecified atom stereocenters. The molecule has 0 fully saturated rings. The molecular formula is C8H12O3. The van der Waals surface area contributed by atoms with Crippen molar-refractivity contribution >= 4 is 5.97 Å². The van der Waals surface area contributed by atoms with E-state index in [-0.39, 0.29) is 0 Å². The minimum atomic E-state index is -0.550. The highest BCUT2D eigenvalue weighted by atomic mass is 16.6. The van der Waals surface area contributed by atoms with E-state index in [2.05, 4.69) is 5.92 Å². The van der Waals surface area contributed by atoms with E-state index < -0.39 is 18.2 Å². The third kappa shape index (κ3) is 3.64. The highest BCUT2D eigenvalue weighted by molar-refractivity contribution is 5.74. The van der Waals surface area contributed by atoms with Gasteiger partial charge in [-0.3, -0.25) is 0 Å². The summed E-state index contributed by atoms with van der Waals surface area (Å²) in [6, 6.07) is 0. The Morgan fingerprint density at radius 3 is 2.45 bits per heavy atom. The lowest BCUT2D eigenvalue weighted by Crippen LogP contribution is -2.25. The molecule has 0 saturated carbocycles. The first-order chi connectivity index (χ1) is 5.11. The number of hydrogen-bond donors (Lipinski definition) is 0. The SMILES string of the molecule is C#CC(C)OC(=O)C(C)OC. The van der Waals surface area contributed by atoms with Crippen LogP contribution in [0.1, 0.15) is 13.8 Å². The Kier molecular flexibility index (Phi) is 4.32. The number of hydrogen-bond acceptors (Lipinski definition) is 3. The van der Waals surface area contributed by atoms with E-state index in [1.807, 2.05) is 0 Å². The summed E-state index contributed by atoms with van der Waals surface area (Å²) in [4.78, 5) is 10.9. The normalized spacial score (nSPS) is 14.7. The third-order valence-corrected chi connectivity index (χ3v) is 1.21. The summed E-state index contributed by atoms with van der Waals surface area (Å²) < 4.78 is 9.47. The summed E-state index contributed by atoms with van der Waals surface area (Å²) in [6.07, 6.45) is 3.96. The predicted octanol–water partition coefficient (Wildman–Crippen LogP) is 0.586. The molecule has 62 valence electrons. The Bertz CT molecular complexity index is 169. The Morgan fingerprint density at radius 2 is 2.09 bits per heavy atom. The lowest BCUT2D eigenvalue weighted by molar-refractivity contribution is -0.156. The van der Waals surface area contributed by atoms with Gasteiger partial charge in [0, 0.05) is 7.11 Å². The summed E-state index contributed by atoms with van der Waals surface area (Å²) in [5, 5.41) is 0. The van der Waals surface area contributed by atoms with E-state index in [0.29, 0.717) is 0 Å². The molecule has 0 aromatic carbocycles. The topological polar surface area (TPSA) is 35.5 Å². The van der Waals surface area contributed by atoms with Gasteiger partial charge < -0.3 is 9.47 Å². The van der Waals surface area contributed by atoms with E-state index in [9.17, 15) is 4.79 Å². The zero-order chi connectivity index (χ0) is 8.85. The highest BCUT2D eigenvalue weighted by Gasteiger charge is 2.14. The number of carbonyl (C=O) groups excluding carboxylic acids is 1. The highest BCUT2D eigenvalue weighted by Crippen LogP contribution is 1.96. The van der Waals surface area contributed by atoms with Crippen LogP contribution in [-0.4, -0.2) is 25.3 Å². The molecule has 0 aliphatic carbocycles. The van der Waals surface area contributed by atoms with Crippen LogP contribution in [0.2, 0.25) is 0 Å². The van der Waals surface area contributed by atoms with Crippen LogP contribution in [0.4, 0.5) is 0 Å². The first kappa shape index (κ1) is 9.99. The summed E-state index contributed by atoms with van der Waals surface area (Å²) in [7, 11) is 1.44. The second-order valence-electron chi connectivity index (χ2n) is 2.12. The average Bonchev–Trinajstić information content (AvgIpc) is 2.02. The second-order valence-corrected chi connectivity index (χ2v) is 2.12. The van der Waals surface area contributed by atoms with Crippen LogP contribution in [0.15, 0.2) is 0 Å². The standard InChI is InChI=1S/C8H12O3/c1-5-6(2)11-8(9)7(3)10-4/h1,6-7H,2-4H3. The zero-order valence-corrected chi connectivity index (χ0v) is 6.96. The van der Waals surface area contributed by atoms with E-state index >= 15 is 0 Å². The maximum atomic E-state index is 10.9. The predicted molar refractivity (Wildman–Crippen MR) is 40.9 cm³/mol. The van der Waals surface area contributed by atoms with Gasteiger partial charge >= 0.3 is 5.97 Å². The smallest absolute Gasteiger partial charge is 0.336 e. The van der Waals surface area contributed by atoms with Crippen molar-refractivity contribution < 1.29 is 14.3 Å². The van der Waals surface area contributed by atoms with Crippen molar-refractivity contribution in [2.24, 2.45) is 0 Å². The van der Waals surface area contributed by atoms with Gasteiger partial charge in [-0.1, -0.05) is 5.92 Å². The lowest BCUT2D eigenvalue weighted by atomic mass is 10.4. The fourth-order valence-electron chi connectivity index (χ4n) is 0.400. The first-order valence-corrected chi connectivity index (χ1v) is 3.31. The Balaban J connectivity index is 3.80. The monoisotopic (exact) mass is 156 g/mol. The molecule has 11 heavy (non-hydrogen) atoms. The maximum absolute atomic E-state index is 10.9. The molecule has 0 heterocycles. The van der Waals surface area contributed by atoms with Crippen molar-refractivity contribution in [2.75, 3.05) is 7.11 Å².